The minimum absolute atomic E-state index is 0.150. The number of halogens is 1. The predicted octanol–water partition coefficient (Wildman–Crippen LogP) is 3.93. The Morgan fingerprint density at radius 1 is 1.35 bits per heavy atom. The largest absolute Gasteiger partial charge is 0.310 e. The van der Waals surface area contributed by atoms with Crippen LogP contribution in [0.5, 0.6) is 0 Å². The zero-order valence-corrected chi connectivity index (χ0v) is 11.7. The van der Waals surface area contributed by atoms with Crippen LogP contribution in [0.4, 0.5) is 4.39 Å². The summed E-state index contributed by atoms with van der Waals surface area (Å²) in [6, 6.07) is 5.41. The van der Waals surface area contributed by atoms with Gasteiger partial charge in [0, 0.05) is 11.8 Å². The Morgan fingerprint density at radius 3 is 2.71 bits per heavy atom. The monoisotopic (exact) mass is 255 g/mol. The number of nitrogens with one attached hydrogen (secondary N) is 1. The third-order valence-electron chi connectivity index (χ3n) is 2.69. The molecular formula is C14H22FNS. The highest BCUT2D eigenvalue weighted by atomic mass is 32.2. The topological polar surface area (TPSA) is 12.0 Å². The number of hydrogen-bond donors (Lipinski definition) is 1. The summed E-state index contributed by atoms with van der Waals surface area (Å²) in [4.78, 5) is 0. The van der Waals surface area contributed by atoms with Crippen LogP contribution in [0.1, 0.15) is 37.4 Å². The second kappa shape index (κ2) is 7.72. The van der Waals surface area contributed by atoms with Crippen LogP contribution in [0.15, 0.2) is 18.2 Å². The summed E-state index contributed by atoms with van der Waals surface area (Å²) in [7, 11) is 0. The Labute approximate surface area is 108 Å². The first-order chi connectivity index (χ1) is 8.19. The quantitative estimate of drug-likeness (QED) is 0.741. The number of hydrogen-bond acceptors (Lipinski definition) is 2. The summed E-state index contributed by atoms with van der Waals surface area (Å²) in [5, 5.41) is 3.47. The lowest BCUT2D eigenvalue weighted by atomic mass is 10.0. The number of thioether (sulfide) groups is 1. The molecule has 1 atom stereocenters. The molecule has 17 heavy (non-hydrogen) atoms. The first-order valence-electron chi connectivity index (χ1n) is 6.26. The van der Waals surface area contributed by atoms with Crippen molar-refractivity contribution < 1.29 is 4.39 Å². The van der Waals surface area contributed by atoms with Crippen LogP contribution in [-0.2, 0) is 0 Å². The molecular weight excluding hydrogens is 233 g/mol. The average molecular weight is 255 g/mol. The van der Waals surface area contributed by atoms with E-state index in [-0.39, 0.29) is 5.82 Å². The van der Waals surface area contributed by atoms with E-state index in [2.05, 4.69) is 19.2 Å². The normalized spacial score (nSPS) is 12.7. The fraction of sp³-hybridized carbons (Fsp3) is 0.571. The van der Waals surface area contributed by atoms with Crippen LogP contribution >= 0.6 is 11.8 Å². The zero-order chi connectivity index (χ0) is 12.7. The molecule has 0 aromatic heterocycles. The maximum absolute atomic E-state index is 13.1. The van der Waals surface area contributed by atoms with E-state index >= 15 is 0 Å². The molecule has 0 saturated heterocycles. The van der Waals surface area contributed by atoms with Gasteiger partial charge < -0.3 is 5.32 Å². The van der Waals surface area contributed by atoms with Gasteiger partial charge in [-0.25, -0.2) is 4.39 Å². The van der Waals surface area contributed by atoms with E-state index in [4.69, 9.17) is 0 Å². The van der Waals surface area contributed by atoms with Crippen LogP contribution in [0.25, 0.3) is 0 Å². The molecule has 0 aliphatic heterocycles. The molecule has 0 saturated carbocycles. The maximum Gasteiger partial charge on any atom is 0.123 e. The molecule has 1 aromatic rings. The molecule has 0 bridgehead atoms. The molecule has 0 heterocycles. The van der Waals surface area contributed by atoms with E-state index in [9.17, 15) is 4.39 Å². The van der Waals surface area contributed by atoms with Gasteiger partial charge >= 0.3 is 0 Å². The van der Waals surface area contributed by atoms with Crippen molar-refractivity contribution in [2.24, 2.45) is 0 Å². The molecule has 1 rings (SSSR count). The molecule has 1 nitrogen and oxygen atoms in total. The smallest absolute Gasteiger partial charge is 0.123 e. The molecule has 0 radical (unpaired) electrons. The van der Waals surface area contributed by atoms with Crippen molar-refractivity contribution in [1.82, 2.24) is 5.32 Å². The fourth-order valence-corrected chi connectivity index (χ4v) is 2.87. The molecule has 0 aliphatic carbocycles. The van der Waals surface area contributed by atoms with Crippen molar-refractivity contribution in [3.05, 3.63) is 35.1 Å². The van der Waals surface area contributed by atoms with Gasteiger partial charge in [-0.1, -0.05) is 19.9 Å². The van der Waals surface area contributed by atoms with Crippen molar-refractivity contribution >= 4 is 11.8 Å². The summed E-state index contributed by atoms with van der Waals surface area (Å²) in [6.45, 7) is 7.22. The van der Waals surface area contributed by atoms with Crippen molar-refractivity contribution in [3.8, 4) is 0 Å². The second-order valence-electron chi connectivity index (χ2n) is 4.19. The minimum Gasteiger partial charge on any atom is -0.310 e. The van der Waals surface area contributed by atoms with Crippen molar-refractivity contribution in [2.75, 3.05) is 18.1 Å². The first-order valence-corrected chi connectivity index (χ1v) is 7.41. The van der Waals surface area contributed by atoms with Crippen molar-refractivity contribution in [3.63, 3.8) is 0 Å². The number of aryl methyl sites for hydroxylation is 1. The van der Waals surface area contributed by atoms with Gasteiger partial charge in [0.2, 0.25) is 0 Å². The van der Waals surface area contributed by atoms with E-state index in [0.717, 1.165) is 17.9 Å². The fourth-order valence-electron chi connectivity index (χ4n) is 1.88. The average Bonchev–Trinajstić information content (AvgIpc) is 2.28. The van der Waals surface area contributed by atoms with Crippen LogP contribution in [-0.4, -0.2) is 18.1 Å². The Bertz CT molecular complexity index is 341. The molecule has 3 heteroatoms. The van der Waals surface area contributed by atoms with Gasteiger partial charge in [-0.15, -0.1) is 0 Å². The van der Waals surface area contributed by atoms with Gasteiger partial charge in [-0.2, -0.15) is 11.8 Å². The van der Waals surface area contributed by atoms with Gasteiger partial charge in [-0.05, 0) is 48.9 Å². The first kappa shape index (κ1) is 14.5. The summed E-state index contributed by atoms with van der Waals surface area (Å²) in [6.07, 6.45) is 1.20. The van der Waals surface area contributed by atoms with E-state index < -0.39 is 0 Å². The molecule has 96 valence electrons. The summed E-state index contributed by atoms with van der Waals surface area (Å²) in [5.41, 5.74) is 2.25. The van der Waals surface area contributed by atoms with Gasteiger partial charge in [-0.3, -0.25) is 0 Å². The van der Waals surface area contributed by atoms with Crippen molar-refractivity contribution in [2.45, 2.75) is 33.2 Å². The molecule has 1 aromatic carbocycles. The molecule has 0 aliphatic rings. The van der Waals surface area contributed by atoms with E-state index in [1.54, 1.807) is 12.1 Å². The number of benzene rings is 1. The van der Waals surface area contributed by atoms with Crippen LogP contribution in [0.3, 0.4) is 0 Å². The molecule has 1 N–H and O–H groups in total. The molecule has 0 spiro atoms. The Balaban J connectivity index is 2.74. The minimum atomic E-state index is -0.150. The standard InChI is InChI=1S/C14H22FNS/c1-4-8-17-10-14(16-5-2)13-7-6-12(15)9-11(13)3/h6-7,9,14,16H,4-5,8,10H2,1-3H3. The van der Waals surface area contributed by atoms with Crippen molar-refractivity contribution in [1.29, 1.82) is 0 Å². The van der Waals surface area contributed by atoms with E-state index in [1.165, 1.54) is 17.7 Å². The molecule has 0 amide bonds. The van der Waals surface area contributed by atoms with Gasteiger partial charge in [0.05, 0.1) is 0 Å². The SMILES string of the molecule is CCCSCC(NCC)c1ccc(F)cc1C. The summed E-state index contributed by atoms with van der Waals surface area (Å²) >= 11 is 1.95. The Morgan fingerprint density at radius 2 is 2.12 bits per heavy atom. The molecule has 0 fully saturated rings. The second-order valence-corrected chi connectivity index (χ2v) is 5.34. The summed E-state index contributed by atoms with van der Waals surface area (Å²) < 4.78 is 13.1. The van der Waals surface area contributed by atoms with Crippen LogP contribution in [0.2, 0.25) is 0 Å². The maximum atomic E-state index is 13.1. The lowest BCUT2D eigenvalue weighted by Crippen LogP contribution is -2.24. The third kappa shape index (κ3) is 4.68. The van der Waals surface area contributed by atoms with Crippen LogP contribution in [0, 0.1) is 12.7 Å². The molecule has 1 unspecified atom stereocenters. The van der Waals surface area contributed by atoms with Gasteiger partial charge in [0.25, 0.3) is 0 Å². The predicted molar refractivity (Wildman–Crippen MR) is 75.2 cm³/mol. The lowest BCUT2D eigenvalue weighted by Gasteiger charge is -2.20. The van der Waals surface area contributed by atoms with E-state index in [0.29, 0.717) is 6.04 Å². The highest BCUT2D eigenvalue weighted by Gasteiger charge is 2.12. The highest BCUT2D eigenvalue weighted by molar-refractivity contribution is 7.99. The van der Waals surface area contributed by atoms with Crippen LogP contribution < -0.4 is 5.32 Å². The zero-order valence-electron chi connectivity index (χ0n) is 10.9. The Kier molecular flexibility index (Phi) is 6.60. The lowest BCUT2D eigenvalue weighted by molar-refractivity contribution is 0.594. The van der Waals surface area contributed by atoms with Gasteiger partial charge in [0.1, 0.15) is 5.82 Å². The van der Waals surface area contributed by atoms with Gasteiger partial charge in [0.15, 0.2) is 0 Å². The highest BCUT2D eigenvalue weighted by Crippen LogP contribution is 2.22. The van der Waals surface area contributed by atoms with E-state index in [1.807, 2.05) is 24.8 Å². The number of rotatable bonds is 7. The third-order valence-corrected chi connectivity index (χ3v) is 3.96. The summed E-state index contributed by atoms with van der Waals surface area (Å²) in [5.74, 6) is 2.08. The Hall–Kier alpha value is -0.540.